The SMILES string of the molecule is CCn1nc(C)cc1CC(NC)c1cncc(Br)c1. The first-order valence-corrected chi connectivity index (χ1v) is 7.24. The number of nitrogens with zero attached hydrogens (tertiary/aromatic N) is 3. The van der Waals surface area contributed by atoms with Gasteiger partial charge in [0.25, 0.3) is 0 Å². The number of likely N-dealkylation sites (N-methyl/N-ethyl adjacent to an activating group) is 1. The van der Waals surface area contributed by atoms with Crippen molar-refractivity contribution in [2.45, 2.75) is 32.9 Å². The van der Waals surface area contributed by atoms with Crippen LogP contribution >= 0.6 is 15.9 Å². The van der Waals surface area contributed by atoms with Gasteiger partial charge in [-0.15, -0.1) is 0 Å². The second-order valence-corrected chi connectivity index (χ2v) is 5.49. The molecule has 1 unspecified atom stereocenters. The number of hydrogen-bond donors (Lipinski definition) is 1. The molecule has 0 aliphatic heterocycles. The highest BCUT2D eigenvalue weighted by molar-refractivity contribution is 9.10. The fraction of sp³-hybridized carbons (Fsp3) is 0.429. The summed E-state index contributed by atoms with van der Waals surface area (Å²) < 4.78 is 3.07. The number of nitrogens with one attached hydrogen (secondary N) is 1. The molecule has 0 radical (unpaired) electrons. The monoisotopic (exact) mass is 322 g/mol. The Labute approximate surface area is 122 Å². The minimum absolute atomic E-state index is 0.242. The van der Waals surface area contributed by atoms with Crippen LogP contribution in [0, 0.1) is 6.92 Å². The minimum Gasteiger partial charge on any atom is -0.313 e. The number of aryl methyl sites for hydroxylation is 2. The van der Waals surface area contributed by atoms with Crippen LogP contribution in [-0.2, 0) is 13.0 Å². The summed E-state index contributed by atoms with van der Waals surface area (Å²) in [6.07, 6.45) is 4.62. The van der Waals surface area contributed by atoms with E-state index in [1.807, 2.05) is 20.2 Å². The van der Waals surface area contributed by atoms with E-state index in [1.165, 1.54) is 11.3 Å². The average molecular weight is 323 g/mol. The highest BCUT2D eigenvalue weighted by Gasteiger charge is 2.14. The normalized spacial score (nSPS) is 12.6. The van der Waals surface area contributed by atoms with Crippen molar-refractivity contribution in [2.24, 2.45) is 0 Å². The summed E-state index contributed by atoms with van der Waals surface area (Å²) in [6.45, 7) is 5.05. The number of halogens is 1. The van der Waals surface area contributed by atoms with Crippen LogP contribution in [0.1, 0.15) is 29.9 Å². The lowest BCUT2D eigenvalue weighted by Crippen LogP contribution is -2.20. The molecule has 0 amide bonds. The molecule has 0 saturated heterocycles. The lowest BCUT2D eigenvalue weighted by atomic mass is 10.0. The van der Waals surface area contributed by atoms with E-state index < -0.39 is 0 Å². The molecule has 2 aromatic rings. The zero-order chi connectivity index (χ0) is 13.8. The van der Waals surface area contributed by atoms with Gasteiger partial charge in [0, 0.05) is 41.6 Å². The van der Waals surface area contributed by atoms with E-state index >= 15 is 0 Å². The Hall–Kier alpha value is -1.20. The fourth-order valence-electron chi connectivity index (χ4n) is 2.25. The molecule has 2 rings (SSSR count). The first kappa shape index (κ1) is 14.2. The molecule has 4 nitrogen and oxygen atoms in total. The molecule has 0 bridgehead atoms. The quantitative estimate of drug-likeness (QED) is 0.920. The molecule has 2 aromatic heterocycles. The lowest BCUT2D eigenvalue weighted by Gasteiger charge is -2.17. The van der Waals surface area contributed by atoms with Gasteiger partial charge in [0.15, 0.2) is 0 Å². The number of pyridine rings is 1. The molecule has 1 atom stereocenters. The molecule has 102 valence electrons. The Morgan fingerprint density at radius 3 is 2.79 bits per heavy atom. The maximum absolute atomic E-state index is 4.49. The van der Waals surface area contributed by atoms with E-state index in [9.17, 15) is 0 Å². The third kappa shape index (κ3) is 3.42. The molecular weight excluding hydrogens is 304 g/mol. The van der Waals surface area contributed by atoms with Crippen LogP contribution in [0.5, 0.6) is 0 Å². The molecule has 0 saturated carbocycles. The van der Waals surface area contributed by atoms with E-state index in [4.69, 9.17) is 0 Å². The largest absolute Gasteiger partial charge is 0.313 e. The van der Waals surface area contributed by atoms with Crippen molar-refractivity contribution in [2.75, 3.05) is 7.05 Å². The van der Waals surface area contributed by atoms with Crippen LogP contribution in [0.25, 0.3) is 0 Å². The van der Waals surface area contributed by atoms with Crippen LogP contribution in [0.4, 0.5) is 0 Å². The smallest absolute Gasteiger partial charge is 0.0596 e. The van der Waals surface area contributed by atoms with E-state index in [2.05, 4.69) is 55.1 Å². The summed E-state index contributed by atoms with van der Waals surface area (Å²) in [5.41, 5.74) is 3.50. The van der Waals surface area contributed by atoms with Crippen LogP contribution < -0.4 is 5.32 Å². The van der Waals surface area contributed by atoms with Crippen molar-refractivity contribution in [3.63, 3.8) is 0 Å². The van der Waals surface area contributed by atoms with Crippen molar-refractivity contribution in [3.05, 3.63) is 46.0 Å². The summed E-state index contributed by atoms with van der Waals surface area (Å²) in [6, 6.07) is 4.50. The highest BCUT2D eigenvalue weighted by atomic mass is 79.9. The molecule has 0 aliphatic carbocycles. The molecule has 0 fully saturated rings. The van der Waals surface area contributed by atoms with Gasteiger partial charge in [0.05, 0.1) is 5.69 Å². The molecule has 1 N–H and O–H groups in total. The summed E-state index contributed by atoms with van der Waals surface area (Å²) in [5, 5.41) is 7.84. The standard InChI is InChI=1S/C14H19BrN4/c1-4-19-13(5-10(2)18-19)7-14(16-3)11-6-12(15)9-17-8-11/h5-6,8-9,14,16H,4,7H2,1-3H3. The molecule has 19 heavy (non-hydrogen) atoms. The van der Waals surface area contributed by atoms with E-state index in [0.717, 1.165) is 23.1 Å². The molecule has 0 aromatic carbocycles. The Kier molecular flexibility index (Phi) is 4.71. The van der Waals surface area contributed by atoms with Gasteiger partial charge in [0.1, 0.15) is 0 Å². The fourth-order valence-corrected chi connectivity index (χ4v) is 2.63. The van der Waals surface area contributed by atoms with Crippen molar-refractivity contribution in [1.82, 2.24) is 20.1 Å². The molecule has 2 heterocycles. The van der Waals surface area contributed by atoms with Crippen molar-refractivity contribution in [1.29, 1.82) is 0 Å². The van der Waals surface area contributed by atoms with Crippen molar-refractivity contribution < 1.29 is 0 Å². The second-order valence-electron chi connectivity index (χ2n) is 4.57. The third-order valence-electron chi connectivity index (χ3n) is 3.18. The Morgan fingerprint density at radius 2 is 2.16 bits per heavy atom. The zero-order valence-electron chi connectivity index (χ0n) is 11.5. The molecule has 0 spiro atoms. The van der Waals surface area contributed by atoms with Gasteiger partial charge in [-0.2, -0.15) is 5.10 Å². The maximum atomic E-state index is 4.49. The van der Waals surface area contributed by atoms with Gasteiger partial charge >= 0.3 is 0 Å². The van der Waals surface area contributed by atoms with Gasteiger partial charge in [0.2, 0.25) is 0 Å². The van der Waals surface area contributed by atoms with Crippen molar-refractivity contribution in [3.8, 4) is 0 Å². The second kappa shape index (κ2) is 6.30. The van der Waals surface area contributed by atoms with Crippen LogP contribution in [-0.4, -0.2) is 21.8 Å². The molecular formula is C14H19BrN4. The van der Waals surface area contributed by atoms with Gasteiger partial charge in [-0.05, 0) is 54.5 Å². The third-order valence-corrected chi connectivity index (χ3v) is 3.61. The highest BCUT2D eigenvalue weighted by Crippen LogP contribution is 2.21. The minimum atomic E-state index is 0.242. The average Bonchev–Trinajstić information content (AvgIpc) is 2.76. The maximum Gasteiger partial charge on any atom is 0.0596 e. The van der Waals surface area contributed by atoms with Crippen LogP contribution in [0.2, 0.25) is 0 Å². The van der Waals surface area contributed by atoms with E-state index in [0.29, 0.717) is 0 Å². The van der Waals surface area contributed by atoms with Gasteiger partial charge < -0.3 is 5.32 Å². The van der Waals surface area contributed by atoms with Gasteiger partial charge in [-0.1, -0.05) is 0 Å². The van der Waals surface area contributed by atoms with Crippen molar-refractivity contribution >= 4 is 15.9 Å². The Balaban J connectivity index is 2.23. The van der Waals surface area contributed by atoms with E-state index in [-0.39, 0.29) is 6.04 Å². The predicted molar refractivity (Wildman–Crippen MR) is 80.1 cm³/mol. The number of hydrogen-bond acceptors (Lipinski definition) is 3. The topological polar surface area (TPSA) is 42.7 Å². The van der Waals surface area contributed by atoms with Crippen LogP contribution in [0.3, 0.4) is 0 Å². The van der Waals surface area contributed by atoms with E-state index in [1.54, 1.807) is 6.20 Å². The lowest BCUT2D eigenvalue weighted by molar-refractivity contribution is 0.539. The summed E-state index contributed by atoms with van der Waals surface area (Å²) in [4.78, 5) is 4.23. The zero-order valence-corrected chi connectivity index (χ0v) is 13.1. The summed E-state index contributed by atoms with van der Waals surface area (Å²) in [7, 11) is 1.98. The van der Waals surface area contributed by atoms with Gasteiger partial charge in [-0.25, -0.2) is 0 Å². The Bertz CT molecular complexity index is 550. The number of aromatic nitrogens is 3. The van der Waals surface area contributed by atoms with Crippen LogP contribution in [0.15, 0.2) is 29.0 Å². The molecule has 5 heteroatoms. The predicted octanol–water partition coefficient (Wildman–Crippen LogP) is 2.87. The van der Waals surface area contributed by atoms with Gasteiger partial charge in [-0.3, -0.25) is 9.67 Å². The number of rotatable bonds is 5. The summed E-state index contributed by atoms with van der Waals surface area (Å²) in [5.74, 6) is 0. The molecule has 0 aliphatic rings. The Morgan fingerprint density at radius 1 is 1.37 bits per heavy atom. The first-order valence-electron chi connectivity index (χ1n) is 6.45. The first-order chi connectivity index (χ1) is 9.13. The summed E-state index contributed by atoms with van der Waals surface area (Å²) >= 11 is 3.47.